The van der Waals surface area contributed by atoms with E-state index in [4.69, 9.17) is 14.6 Å². The van der Waals surface area contributed by atoms with Gasteiger partial charge >= 0.3 is 0 Å². The minimum absolute atomic E-state index is 0.0765. The summed E-state index contributed by atoms with van der Waals surface area (Å²) in [4.78, 5) is 27.0. The third kappa shape index (κ3) is 3.84. The lowest BCUT2D eigenvalue weighted by atomic mass is 9.99. The number of carboxylic acid groups (broad SMARTS) is 1. The van der Waals surface area contributed by atoms with Gasteiger partial charge in [-0.25, -0.2) is 0 Å². The molecule has 1 saturated heterocycles. The van der Waals surface area contributed by atoms with E-state index in [-0.39, 0.29) is 18.5 Å². The molecule has 2 aliphatic rings. The number of amides is 1. The van der Waals surface area contributed by atoms with E-state index in [1.165, 1.54) is 0 Å². The van der Waals surface area contributed by atoms with Gasteiger partial charge in [-0.1, -0.05) is 0 Å². The van der Waals surface area contributed by atoms with Crippen LogP contribution in [0.4, 0.5) is 0 Å². The van der Waals surface area contributed by atoms with E-state index in [9.17, 15) is 4.79 Å². The minimum Gasteiger partial charge on any atom is -0.488 e. The molecular weight excluding hydrogens is 336 g/mol. The Kier molecular flexibility index (Phi) is 5.50. The van der Waals surface area contributed by atoms with Gasteiger partial charge < -0.3 is 14.7 Å². The lowest BCUT2D eigenvalue weighted by Crippen LogP contribution is -2.32. The molecule has 0 bridgehead atoms. The molecule has 1 aliphatic heterocycles. The first-order valence-corrected chi connectivity index (χ1v) is 8.54. The predicted molar refractivity (Wildman–Crippen MR) is 92.7 cm³/mol. The molecule has 2 aromatic rings. The van der Waals surface area contributed by atoms with Gasteiger partial charge in [-0.15, -0.1) is 0 Å². The fraction of sp³-hybridized carbons (Fsp3) is 0.444. The monoisotopic (exact) mass is 358 g/mol. The molecule has 0 radical (unpaired) electrons. The first kappa shape index (κ1) is 17.9. The second-order valence-electron chi connectivity index (χ2n) is 6.56. The summed E-state index contributed by atoms with van der Waals surface area (Å²) < 4.78 is 7.78. The number of rotatable bonds is 3. The van der Waals surface area contributed by atoms with Crippen LogP contribution in [0.1, 0.15) is 23.2 Å². The molecule has 26 heavy (non-hydrogen) atoms. The second-order valence-corrected chi connectivity index (χ2v) is 6.56. The van der Waals surface area contributed by atoms with Crippen molar-refractivity contribution < 1.29 is 19.4 Å². The van der Waals surface area contributed by atoms with Crippen LogP contribution in [0.5, 0.6) is 5.75 Å². The van der Waals surface area contributed by atoms with Crippen LogP contribution in [0.2, 0.25) is 0 Å². The Morgan fingerprint density at radius 3 is 2.81 bits per heavy atom. The summed E-state index contributed by atoms with van der Waals surface area (Å²) >= 11 is 0. The highest BCUT2D eigenvalue weighted by molar-refractivity contribution is 5.93. The van der Waals surface area contributed by atoms with E-state index in [0.29, 0.717) is 17.4 Å². The van der Waals surface area contributed by atoms with Crippen LogP contribution < -0.4 is 4.74 Å². The Labute approximate surface area is 151 Å². The molecule has 3 atom stereocenters. The van der Waals surface area contributed by atoms with Crippen LogP contribution in [0.25, 0.3) is 0 Å². The number of ether oxygens (including phenoxy) is 1. The molecule has 0 spiro atoms. The molecule has 2 aromatic heterocycles. The van der Waals surface area contributed by atoms with Crippen LogP contribution in [0.15, 0.2) is 36.9 Å². The Morgan fingerprint density at radius 1 is 1.35 bits per heavy atom. The van der Waals surface area contributed by atoms with Crippen molar-refractivity contribution in [2.45, 2.75) is 18.9 Å². The quantitative estimate of drug-likeness (QED) is 0.834. The molecule has 3 heterocycles. The van der Waals surface area contributed by atoms with Crippen molar-refractivity contribution in [3.63, 3.8) is 0 Å². The number of nitrogens with zero attached hydrogens (tertiary/aromatic N) is 4. The van der Waals surface area contributed by atoms with Crippen molar-refractivity contribution >= 4 is 12.4 Å². The van der Waals surface area contributed by atoms with Crippen LogP contribution in [0.3, 0.4) is 0 Å². The number of aryl methyl sites for hydroxylation is 1. The van der Waals surface area contributed by atoms with Gasteiger partial charge in [0.1, 0.15) is 11.9 Å². The van der Waals surface area contributed by atoms with E-state index in [2.05, 4.69) is 10.1 Å². The van der Waals surface area contributed by atoms with Crippen LogP contribution >= 0.6 is 0 Å². The zero-order valence-corrected chi connectivity index (χ0v) is 14.6. The van der Waals surface area contributed by atoms with Crippen LogP contribution in [-0.2, 0) is 11.8 Å². The van der Waals surface area contributed by atoms with E-state index in [1.54, 1.807) is 29.5 Å². The maximum atomic E-state index is 12.6. The van der Waals surface area contributed by atoms with Crippen molar-refractivity contribution in [3.05, 3.63) is 42.5 Å². The molecule has 4 rings (SSSR count). The van der Waals surface area contributed by atoms with Gasteiger partial charge in [-0.3, -0.25) is 19.3 Å². The first-order valence-electron chi connectivity index (χ1n) is 8.54. The summed E-state index contributed by atoms with van der Waals surface area (Å²) in [5.74, 6) is 1.84. The molecule has 8 nitrogen and oxygen atoms in total. The van der Waals surface area contributed by atoms with E-state index < -0.39 is 0 Å². The second kappa shape index (κ2) is 7.99. The molecule has 0 aromatic carbocycles. The van der Waals surface area contributed by atoms with Crippen LogP contribution in [-0.4, -0.2) is 56.3 Å². The molecule has 1 N–H and O–H groups in total. The number of carbonyl (C=O) groups is 2. The van der Waals surface area contributed by atoms with Gasteiger partial charge in [0.15, 0.2) is 0 Å². The van der Waals surface area contributed by atoms with E-state index in [0.717, 1.165) is 31.7 Å². The fourth-order valence-electron chi connectivity index (χ4n) is 3.83. The molecular formula is C18H22N4O4. The van der Waals surface area contributed by atoms with Gasteiger partial charge in [0.25, 0.3) is 12.4 Å². The Bertz CT molecular complexity index is 749. The third-order valence-electron chi connectivity index (χ3n) is 4.95. The number of carbonyl (C=O) groups excluding carboxylic acids is 1. The maximum absolute atomic E-state index is 12.6. The van der Waals surface area contributed by atoms with E-state index in [1.807, 2.05) is 24.1 Å². The predicted octanol–water partition coefficient (Wildman–Crippen LogP) is 1.45. The molecule has 0 unspecified atom stereocenters. The van der Waals surface area contributed by atoms with Crippen molar-refractivity contribution in [2.24, 2.45) is 18.9 Å². The van der Waals surface area contributed by atoms with Gasteiger partial charge in [-0.2, -0.15) is 5.10 Å². The first-order chi connectivity index (χ1) is 12.6. The average Bonchev–Trinajstić information content (AvgIpc) is 3.33. The molecule has 1 aliphatic carbocycles. The van der Waals surface area contributed by atoms with Crippen molar-refractivity contribution in [1.82, 2.24) is 19.7 Å². The zero-order chi connectivity index (χ0) is 18.5. The summed E-state index contributed by atoms with van der Waals surface area (Å²) in [5.41, 5.74) is 0.664. The SMILES string of the molecule is Cn1cc(C(=O)N2C[C@H]3CC[C@@H](Oc4cccnc4)[C@H]3C2)cn1.O=CO. The number of fused-ring (bicyclic) bond motifs is 1. The highest BCUT2D eigenvalue weighted by atomic mass is 16.5. The van der Waals surface area contributed by atoms with Crippen molar-refractivity contribution in [1.29, 1.82) is 0 Å². The summed E-state index contributed by atoms with van der Waals surface area (Å²) in [6.07, 6.45) is 9.26. The molecule has 138 valence electrons. The fourth-order valence-corrected chi connectivity index (χ4v) is 3.83. The van der Waals surface area contributed by atoms with Crippen molar-refractivity contribution in [2.75, 3.05) is 13.1 Å². The highest BCUT2D eigenvalue weighted by Crippen LogP contribution is 2.40. The van der Waals surface area contributed by atoms with Gasteiger partial charge in [0.2, 0.25) is 0 Å². The number of pyridine rings is 1. The zero-order valence-electron chi connectivity index (χ0n) is 14.6. The standard InChI is InChI=1S/C17H20N4O2.CH2O2/c1-20-9-13(7-19-20)17(22)21-10-12-4-5-16(15(12)11-21)23-14-3-2-6-18-8-14;2-1-3/h2-3,6-9,12,15-16H,4-5,10-11H2,1H3;1H,(H,2,3)/t12-,15+,16-;/m1./s1. The average molecular weight is 358 g/mol. The number of hydrogen-bond acceptors (Lipinski definition) is 5. The molecule has 1 amide bonds. The Balaban J connectivity index is 0.000000613. The molecule has 2 fully saturated rings. The lowest BCUT2D eigenvalue weighted by Gasteiger charge is -2.21. The van der Waals surface area contributed by atoms with Crippen molar-refractivity contribution in [3.8, 4) is 5.75 Å². The molecule has 8 heteroatoms. The molecule has 1 saturated carbocycles. The Hall–Kier alpha value is -2.90. The largest absolute Gasteiger partial charge is 0.488 e. The number of likely N-dealkylation sites (tertiary alicyclic amines) is 1. The topological polar surface area (TPSA) is 97.5 Å². The lowest BCUT2D eigenvalue weighted by molar-refractivity contribution is -0.122. The van der Waals surface area contributed by atoms with Gasteiger partial charge in [-0.05, 0) is 30.9 Å². The van der Waals surface area contributed by atoms with Gasteiger partial charge in [0.05, 0.1) is 18.0 Å². The number of aromatic nitrogens is 3. The van der Waals surface area contributed by atoms with E-state index >= 15 is 0 Å². The highest BCUT2D eigenvalue weighted by Gasteiger charge is 2.45. The normalized spacial score (nSPS) is 23.7. The van der Waals surface area contributed by atoms with Crippen LogP contribution in [0, 0.1) is 11.8 Å². The maximum Gasteiger partial charge on any atom is 0.290 e. The number of hydrogen-bond donors (Lipinski definition) is 1. The summed E-state index contributed by atoms with van der Waals surface area (Å²) in [5, 5.41) is 11.0. The summed E-state index contributed by atoms with van der Waals surface area (Å²) in [7, 11) is 1.83. The summed E-state index contributed by atoms with van der Waals surface area (Å²) in [6, 6.07) is 3.82. The smallest absolute Gasteiger partial charge is 0.290 e. The third-order valence-corrected chi connectivity index (χ3v) is 4.95. The van der Waals surface area contributed by atoms with Gasteiger partial charge in [0, 0.05) is 38.4 Å². The Morgan fingerprint density at radius 2 is 2.15 bits per heavy atom. The minimum atomic E-state index is -0.250. The summed E-state index contributed by atoms with van der Waals surface area (Å²) in [6.45, 7) is 1.34.